The average Bonchev–Trinajstić information content (AvgIpc) is 3.42. The van der Waals surface area contributed by atoms with Gasteiger partial charge in [-0.15, -0.1) is 0 Å². The van der Waals surface area contributed by atoms with Crippen LogP contribution in [0.3, 0.4) is 0 Å². The summed E-state index contributed by atoms with van der Waals surface area (Å²) < 4.78 is 22.0. The van der Waals surface area contributed by atoms with Gasteiger partial charge in [0.1, 0.15) is 29.5 Å². The fraction of sp³-hybridized carbons (Fsp3) is 0.182. The van der Waals surface area contributed by atoms with Crippen molar-refractivity contribution in [3.8, 4) is 5.69 Å². The summed E-state index contributed by atoms with van der Waals surface area (Å²) in [5.74, 6) is 0.990. The molecule has 5 aromatic rings. The van der Waals surface area contributed by atoms with E-state index in [1.165, 1.54) is 12.4 Å². The van der Waals surface area contributed by atoms with Gasteiger partial charge in [-0.25, -0.2) is 24.3 Å². The molecule has 0 aliphatic rings. The number of methoxy groups -OCH3 is 1. The Morgan fingerprint density at radius 3 is 2.77 bits per heavy atom. The van der Waals surface area contributed by atoms with Gasteiger partial charge in [0, 0.05) is 18.4 Å². The molecule has 9 heteroatoms. The molecule has 8 nitrogen and oxygen atoms in total. The van der Waals surface area contributed by atoms with Crippen LogP contribution >= 0.6 is 0 Å². The van der Waals surface area contributed by atoms with Crippen molar-refractivity contribution in [2.75, 3.05) is 19.0 Å². The molecule has 0 amide bonds. The highest BCUT2D eigenvalue weighted by Gasteiger charge is 2.24. The van der Waals surface area contributed by atoms with Gasteiger partial charge < -0.3 is 15.0 Å². The van der Waals surface area contributed by atoms with Gasteiger partial charge in [0.25, 0.3) is 0 Å². The Morgan fingerprint density at radius 1 is 1.13 bits per heavy atom. The number of aromatic amines is 1. The number of para-hydroxylation sites is 1. The highest BCUT2D eigenvalue weighted by Crippen LogP contribution is 2.31. The second kappa shape index (κ2) is 7.77. The molecule has 31 heavy (non-hydrogen) atoms. The monoisotopic (exact) mass is 417 g/mol. The fourth-order valence-electron chi connectivity index (χ4n) is 3.78. The Kier molecular flexibility index (Phi) is 4.79. The van der Waals surface area contributed by atoms with Gasteiger partial charge in [-0.05, 0) is 31.2 Å². The minimum Gasteiger partial charge on any atom is -0.382 e. The Hall–Kier alpha value is -3.85. The number of rotatable bonds is 6. The van der Waals surface area contributed by atoms with E-state index >= 15 is 0 Å². The SMILES string of the molecule is COCC(Nc1ncnc2nc[nH]c12)c1nc2ccc(F)c(C)c2n1-c1ccccc1. The van der Waals surface area contributed by atoms with E-state index in [1.54, 1.807) is 26.4 Å². The maximum atomic E-state index is 14.5. The second-order valence-corrected chi connectivity index (χ2v) is 7.16. The largest absolute Gasteiger partial charge is 0.382 e. The van der Waals surface area contributed by atoms with Gasteiger partial charge in [-0.3, -0.25) is 4.57 Å². The van der Waals surface area contributed by atoms with Crippen LogP contribution in [0.15, 0.2) is 55.1 Å². The van der Waals surface area contributed by atoms with E-state index in [0.717, 1.165) is 11.2 Å². The van der Waals surface area contributed by atoms with Gasteiger partial charge in [0.05, 0.1) is 24.0 Å². The minimum absolute atomic E-state index is 0.276. The first-order valence-electron chi connectivity index (χ1n) is 9.79. The zero-order valence-electron chi connectivity index (χ0n) is 17.0. The number of fused-ring (bicyclic) bond motifs is 2. The highest BCUT2D eigenvalue weighted by molar-refractivity contribution is 5.83. The molecule has 5 rings (SSSR count). The molecule has 0 saturated heterocycles. The maximum Gasteiger partial charge on any atom is 0.182 e. The van der Waals surface area contributed by atoms with E-state index < -0.39 is 0 Å². The molecule has 0 aliphatic carbocycles. The van der Waals surface area contributed by atoms with Gasteiger partial charge in [0.2, 0.25) is 0 Å². The van der Waals surface area contributed by atoms with Crippen molar-refractivity contribution >= 4 is 28.0 Å². The maximum absolute atomic E-state index is 14.5. The Morgan fingerprint density at radius 2 is 1.97 bits per heavy atom. The fourth-order valence-corrected chi connectivity index (χ4v) is 3.78. The number of hydrogen-bond donors (Lipinski definition) is 2. The number of aryl methyl sites for hydroxylation is 1. The summed E-state index contributed by atoms with van der Waals surface area (Å²) in [4.78, 5) is 20.6. The van der Waals surface area contributed by atoms with Crippen molar-refractivity contribution in [1.82, 2.24) is 29.5 Å². The molecule has 0 bridgehead atoms. The second-order valence-electron chi connectivity index (χ2n) is 7.16. The number of benzene rings is 2. The van der Waals surface area contributed by atoms with E-state index in [0.29, 0.717) is 40.5 Å². The number of aromatic nitrogens is 6. The van der Waals surface area contributed by atoms with Crippen molar-refractivity contribution < 1.29 is 9.13 Å². The number of anilines is 1. The van der Waals surface area contributed by atoms with Crippen molar-refractivity contribution in [1.29, 1.82) is 0 Å². The van der Waals surface area contributed by atoms with Gasteiger partial charge in [-0.1, -0.05) is 18.2 Å². The summed E-state index contributed by atoms with van der Waals surface area (Å²) in [5, 5.41) is 3.41. The van der Waals surface area contributed by atoms with E-state index in [1.807, 2.05) is 34.9 Å². The zero-order valence-corrected chi connectivity index (χ0v) is 17.0. The van der Waals surface area contributed by atoms with Crippen LogP contribution in [0.1, 0.15) is 17.4 Å². The van der Waals surface area contributed by atoms with Crippen LogP contribution in [0, 0.1) is 12.7 Å². The Labute approximate surface area is 177 Å². The topological polar surface area (TPSA) is 93.5 Å². The number of ether oxygens (including phenoxy) is 1. The van der Waals surface area contributed by atoms with E-state index in [9.17, 15) is 4.39 Å². The molecule has 156 valence electrons. The molecule has 0 radical (unpaired) electrons. The van der Waals surface area contributed by atoms with Crippen LogP contribution < -0.4 is 5.32 Å². The lowest BCUT2D eigenvalue weighted by molar-refractivity contribution is 0.183. The summed E-state index contributed by atoms with van der Waals surface area (Å²) >= 11 is 0. The molecule has 3 heterocycles. The van der Waals surface area contributed by atoms with Crippen molar-refractivity contribution in [3.05, 3.63) is 72.3 Å². The Balaban J connectivity index is 1.71. The summed E-state index contributed by atoms with van der Waals surface area (Å²) in [7, 11) is 1.63. The lowest BCUT2D eigenvalue weighted by Crippen LogP contribution is -2.21. The van der Waals surface area contributed by atoms with Crippen LogP contribution in [0.2, 0.25) is 0 Å². The predicted molar refractivity (Wildman–Crippen MR) is 116 cm³/mol. The van der Waals surface area contributed by atoms with Gasteiger partial charge in [-0.2, -0.15) is 0 Å². The molecule has 0 aliphatic heterocycles. The molecule has 3 aromatic heterocycles. The average molecular weight is 417 g/mol. The van der Waals surface area contributed by atoms with Gasteiger partial charge in [0.15, 0.2) is 11.5 Å². The summed E-state index contributed by atoms with van der Waals surface area (Å²) in [6.07, 6.45) is 3.02. The Bertz CT molecular complexity index is 1360. The molecule has 2 aromatic carbocycles. The van der Waals surface area contributed by atoms with Crippen LogP contribution in [0.5, 0.6) is 0 Å². The zero-order chi connectivity index (χ0) is 21.4. The quantitative estimate of drug-likeness (QED) is 0.435. The normalized spacial score (nSPS) is 12.5. The minimum atomic E-state index is -0.374. The smallest absolute Gasteiger partial charge is 0.182 e. The van der Waals surface area contributed by atoms with Crippen LogP contribution in [-0.2, 0) is 4.74 Å². The molecule has 2 N–H and O–H groups in total. The number of halogens is 1. The van der Waals surface area contributed by atoms with Gasteiger partial charge >= 0.3 is 0 Å². The molecule has 0 spiro atoms. The van der Waals surface area contributed by atoms with E-state index in [-0.39, 0.29) is 11.9 Å². The van der Waals surface area contributed by atoms with Crippen molar-refractivity contribution in [3.63, 3.8) is 0 Å². The molecular weight excluding hydrogens is 397 g/mol. The van der Waals surface area contributed by atoms with Crippen LogP contribution in [-0.4, -0.2) is 43.2 Å². The first-order valence-corrected chi connectivity index (χ1v) is 9.79. The molecule has 1 atom stereocenters. The first kappa shape index (κ1) is 19.1. The summed E-state index contributed by atoms with van der Waals surface area (Å²) in [6, 6.07) is 12.5. The lowest BCUT2D eigenvalue weighted by Gasteiger charge is -2.20. The highest BCUT2D eigenvalue weighted by atomic mass is 19.1. The summed E-state index contributed by atoms with van der Waals surface area (Å²) in [5.41, 5.74) is 4.09. The third-order valence-corrected chi connectivity index (χ3v) is 5.22. The predicted octanol–water partition coefficient (Wildman–Crippen LogP) is 3.94. The van der Waals surface area contributed by atoms with E-state index in [2.05, 4.69) is 25.3 Å². The first-order chi connectivity index (χ1) is 15.2. The van der Waals surface area contributed by atoms with Crippen molar-refractivity contribution in [2.45, 2.75) is 13.0 Å². The number of hydrogen-bond acceptors (Lipinski definition) is 6. The molecule has 0 fully saturated rings. The van der Waals surface area contributed by atoms with E-state index in [4.69, 9.17) is 9.72 Å². The number of H-pyrrole nitrogens is 1. The van der Waals surface area contributed by atoms with Crippen molar-refractivity contribution in [2.24, 2.45) is 0 Å². The van der Waals surface area contributed by atoms with Crippen LogP contribution in [0.4, 0.5) is 10.2 Å². The standard InChI is InChI=1S/C22H20FN7O/c1-13-15(23)8-9-16-19(13)30(14-6-4-3-5-7-14)22(29-16)17(10-31-2)28-21-18-20(25-11-24-18)26-12-27-21/h3-9,11-12,17H,10H2,1-2H3,(H2,24,25,26,27,28). The number of nitrogens with zero attached hydrogens (tertiary/aromatic N) is 5. The van der Waals surface area contributed by atoms with Crippen LogP contribution in [0.25, 0.3) is 27.9 Å². The molecule has 1 unspecified atom stereocenters. The molecular formula is C22H20FN7O. The lowest BCUT2D eigenvalue weighted by atomic mass is 10.2. The third-order valence-electron chi connectivity index (χ3n) is 5.22. The molecule has 0 saturated carbocycles. The summed E-state index contributed by atoms with van der Waals surface area (Å²) in [6.45, 7) is 2.08. The third kappa shape index (κ3) is 3.28. The number of nitrogens with one attached hydrogen (secondary N) is 2. The number of imidazole rings is 2.